The van der Waals surface area contributed by atoms with Crippen LogP contribution in [0.15, 0.2) is 18.5 Å². The maximum absolute atomic E-state index is 11.1. The van der Waals surface area contributed by atoms with Crippen LogP contribution < -0.4 is 5.73 Å². The summed E-state index contributed by atoms with van der Waals surface area (Å²) in [7, 11) is 0. The summed E-state index contributed by atoms with van der Waals surface area (Å²) in [6, 6.07) is 1.42. The van der Waals surface area contributed by atoms with E-state index >= 15 is 0 Å². The average molecular weight is 261 g/mol. The lowest BCUT2D eigenvalue weighted by molar-refractivity contribution is -0.137. The maximum atomic E-state index is 11.1. The van der Waals surface area contributed by atoms with Crippen molar-refractivity contribution in [2.24, 2.45) is 5.73 Å². The maximum Gasteiger partial charge on any atom is 0.325 e. The van der Waals surface area contributed by atoms with Gasteiger partial charge in [-0.05, 0) is 13.0 Å². The van der Waals surface area contributed by atoms with Gasteiger partial charge in [-0.1, -0.05) is 0 Å². The summed E-state index contributed by atoms with van der Waals surface area (Å²) in [4.78, 5) is 29.9. The van der Waals surface area contributed by atoms with Crippen molar-refractivity contribution in [3.8, 4) is 11.3 Å². The van der Waals surface area contributed by atoms with Crippen molar-refractivity contribution in [1.29, 1.82) is 0 Å². The first kappa shape index (κ1) is 12.7. The first-order chi connectivity index (χ1) is 8.97. The molecule has 3 N–H and O–H groups in total. The molecule has 2 aromatic rings. The molecular weight excluding hydrogens is 250 g/mol. The van der Waals surface area contributed by atoms with Gasteiger partial charge in [-0.2, -0.15) is 5.10 Å². The van der Waals surface area contributed by atoms with Gasteiger partial charge in [0.05, 0.1) is 5.69 Å². The molecule has 1 amide bonds. The van der Waals surface area contributed by atoms with E-state index < -0.39 is 11.9 Å². The molecule has 0 aliphatic carbocycles. The first-order valence-corrected chi connectivity index (χ1v) is 5.36. The molecule has 0 aromatic carbocycles. The molecule has 2 aromatic heterocycles. The largest absolute Gasteiger partial charge is 0.480 e. The number of rotatable bonds is 4. The molecule has 0 unspecified atom stereocenters. The summed E-state index contributed by atoms with van der Waals surface area (Å²) in [5.74, 6) is -1.21. The van der Waals surface area contributed by atoms with Gasteiger partial charge in [-0.25, -0.2) is 9.97 Å². The molecule has 0 bridgehead atoms. The monoisotopic (exact) mass is 261 g/mol. The lowest BCUT2D eigenvalue weighted by Gasteiger charge is -2.04. The number of carboxylic acids is 1. The van der Waals surface area contributed by atoms with Gasteiger partial charge < -0.3 is 10.8 Å². The van der Waals surface area contributed by atoms with E-state index in [-0.39, 0.29) is 12.2 Å². The first-order valence-electron chi connectivity index (χ1n) is 5.36. The number of primary amides is 1. The van der Waals surface area contributed by atoms with Crippen LogP contribution in [0.25, 0.3) is 11.3 Å². The Morgan fingerprint density at radius 2 is 2.00 bits per heavy atom. The number of aromatic nitrogens is 4. The second-order valence-electron chi connectivity index (χ2n) is 3.85. The van der Waals surface area contributed by atoms with Crippen LogP contribution in [0.5, 0.6) is 0 Å². The van der Waals surface area contributed by atoms with Crippen molar-refractivity contribution in [3.63, 3.8) is 0 Å². The van der Waals surface area contributed by atoms with Gasteiger partial charge in [-0.3, -0.25) is 14.3 Å². The molecule has 0 aliphatic heterocycles. The van der Waals surface area contributed by atoms with Gasteiger partial charge in [0.1, 0.15) is 12.4 Å². The van der Waals surface area contributed by atoms with Gasteiger partial charge in [0.15, 0.2) is 5.69 Å². The highest BCUT2D eigenvalue weighted by Gasteiger charge is 2.15. The standard InChI is InChI=1S/C11H11N5O3/c1-6-13-3-7(4-14-6)9-2-8(11(12)19)15-16(9)5-10(17)18/h2-4H,5H2,1H3,(H2,12,19)(H,17,18). The van der Waals surface area contributed by atoms with Gasteiger partial charge in [0.25, 0.3) is 5.91 Å². The highest BCUT2D eigenvalue weighted by Crippen LogP contribution is 2.19. The quantitative estimate of drug-likeness (QED) is 0.787. The fraction of sp³-hybridized carbons (Fsp3) is 0.182. The van der Waals surface area contributed by atoms with Crippen molar-refractivity contribution < 1.29 is 14.7 Å². The van der Waals surface area contributed by atoms with E-state index in [4.69, 9.17) is 10.8 Å². The topological polar surface area (TPSA) is 124 Å². The Labute approximate surface area is 107 Å². The second-order valence-corrected chi connectivity index (χ2v) is 3.85. The van der Waals surface area contributed by atoms with E-state index in [1.165, 1.54) is 23.1 Å². The minimum atomic E-state index is -1.08. The van der Waals surface area contributed by atoms with Crippen LogP contribution in [0.2, 0.25) is 0 Å². The van der Waals surface area contributed by atoms with Crippen molar-refractivity contribution >= 4 is 11.9 Å². The number of hydrogen-bond acceptors (Lipinski definition) is 5. The summed E-state index contributed by atoms with van der Waals surface area (Å²) in [6.07, 6.45) is 3.06. The van der Waals surface area contributed by atoms with E-state index in [0.29, 0.717) is 17.1 Å². The minimum Gasteiger partial charge on any atom is -0.480 e. The Bertz CT molecular complexity index is 632. The SMILES string of the molecule is Cc1ncc(-c2cc(C(N)=O)nn2CC(=O)O)cn1. The van der Waals surface area contributed by atoms with E-state index in [9.17, 15) is 9.59 Å². The van der Waals surface area contributed by atoms with E-state index in [1.807, 2.05) is 0 Å². The molecule has 0 saturated heterocycles. The van der Waals surface area contributed by atoms with E-state index in [0.717, 1.165) is 0 Å². The van der Waals surface area contributed by atoms with Crippen molar-refractivity contribution in [2.75, 3.05) is 0 Å². The van der Waals surface area contributed by atoms with Crippen LogP contribution in [-0.2, 0) is 11.3 Å². The van der Waals surface area contributed by atoms with Crippen LogP contribution in [0, 0.1) is 6.92 Å². The third-order valence-electron chi connectivity index (χ3n) is 2.39. The number of amides is 1. The number of nitrogens with two attached hydrogens (primary N) is 1. The Balaban J connectivity index is 2.50. The number of aliphatic carboxylic acids is 1. The minimum absolute atomic E-state index is 0.00294. The number of nitrogens with zero attached hydrogens (tertiary/aromatic N) is 4. The highest BCUT2D eigenvalue weighted by molar-refractivity contribution is 5.92. The number of carboxylic acid groups (broad SMARTS) is 1. The lowest BCUT2D eigenvalue weighted by Crippen LogP contribution is -2.15. The molecule has 8 heteroatoms. The van der Waals surface area contributed by atoms with Crippen molar-refractivity contribution in [2.45, 2.75) is 13.5 Å². The van der Waals surface area contributed by atoms with Crippen LogP contribution in [0.3, 0.4) is 0 Å². The molecule has 0 fully saturated rings. The van der Waals surface area contributed by atoms with Gasteiger partial charge in [0, 0.05) is 18.0 Å². The lowest BCUT2D eigenvalue weighted by atomic mass is 10.2. The molecule has 19 heavy (non-hydrogen) atoms. The molecule has 2 heterocycles. The average Bonchev–Trinajstić information content (AvgIpc) is 2.73. The molecule has 0 atom stereocenters. The summed E-state index contributed by atoms with van der Waals surface area (Å²) < 4.78 is 1.18. The number of carbonyl (C=O) groups is 2. The summed E-state index contributed by atoms with van der Waals surface area (Å²) in [5, 5.41) is 12.7. The number of carbonyl (C=O) groups excluding carboxylic acids is 1. The van der Waals surface area contributed by atoms with Gasteiger partial charge in [-0.15, -0.1) is 0 Å². The highest BCUT2D eigenvalue weighted by atomic mass is 16.4. The van der Waals surface area contributed by atoms with Crippen LogP contribution in [0.1, 0.15) is 16.3 Å². The molecule has 0 saturated carbocycles. The van der Waals surface area contributed by atoms with Gasteiger partial charge >= 0.3 is 5.97 Å². The Kier molecular flexibility index (Phi) is 3.23. The Morgan fingerprint density at radius 1 is 1.37 bits per heavy atom. The third-order valence-corrected chi connectivity index (χ3v) is 2.39. The Morgan fingerprint density at radius 3 is 2.53 bits per heavy atom. The van der Waals surface area contributed by atoms with Crippen LogP contribution >= 0.6 is 0 Å². The fourth-order valence-corrected chi connectivity index (χ4v) is 1.54. The zero-order valence-corrected chi connectivity index (χ0v) is 10.1. The van der Waals surface area contributed by atoms with Crippen molar-refractivity contribution in [1.82, 2.24) is 19.7 Å². The molecule has 0 radical (unpaired) electrons. The zero-order chi connectivity index (χ0) is 14.0. The van der Waals surface area contributed by atoms with Crippen LogP contribution in [-0.4, -0.2) is 36.7 Å². The summed E-state index contributed by atoms with van der Waals surface area (Å²) >= 11 is 0. The summed E-state index contributed by atoms with van der Waals surface area (Å²) in [6.45, 7) is 1.35. The molecule has 98 valence electrons. The van der Waals surface area contributed by atoms with E-state index in [1.54, 1.807) is 6.92 Å². The van der Waals surface area contributed by atoms with E-state index in [2.05, 4.69) is 15.1 Å². The fourth-order valence-electron chi connectivity index (χ4n) is 1.54. The predicted molar refractivity (Wildman–Crippen MR) is 64.1 cm³/mol. The second kappa shape index (κ2) is 4.84. The normalized spacial score (nSPS) is 10.4. The number of hydrogen-bond donors (Lipinski definition) is 2. The molecule has 0 aliphatic rings. The smallest absolute Gasteiger partial charge is 0.325 e. The molecule has 8 nitrogen and oxygen atoms in total. The zero-order valence-electron chi connectivity index (χ0n) is 10.1. The Hall–Kier alpha value is -2.77. The summed E-state index contributed by atoms with van der Waals surface area (Å²) in [5.41, 5.74) is 6.12. The molecule has 0 spiro atoms. The molecule has 2 rings (SSSR count). The van der Waals surface area contributed by atoms with Crippen LogP contribution in [0.4, 0.5) is 0 Å². The number of aryl methyl sites for hydroxylation is 1. The van der Waals surface area contributed by atoms with Gasteiger partial charge in [0.2, 0.25) is 0 Å². The third kappa shape index (κ3) is 2.73. The molecular formula is C11H11N5O3. The van der Waals surface area contributed by atoms with Crippen molar-refractivity contribution in [3.05, 3.63) is 30.0 Å². The predicted octanol–water partition coefficient (Wildman–Crippen LogP) is -0.168.